The van der Waals surface area contributed by atoms with E-state index in [2.05, 4.69) is 20.7 Å². The minimum Gasteiger partial charge on any atom is -0.468 e. The summed E-state index contributed by atoms with van der Waals surface area (Å²) in [7, 11) is 1.28. The molecule has 0 aliphatic carbocycles. The van der Waals surface area contributed by atoms with Crippen molar-refractivity contribution in [3.05, 3.63) is 0 Å². The number of hydrogen-bond acceptors (Lipinski definition) is 4. The largest absolute Gasteiger partial charge is 0.468 e. The summed E-state index contributed by atoms with van der Waals surface area (Å²) in [5, 5.41) is 0.136. The lowest BCUT2D eigenvalue weighted by Gasteiger charge is -2.21. The first-order chi connectivity index (χ1) is 6.02. The third-order valence-electron chi connectivity index (χ3n) is 1.63. The van der Waals surface area contributed by atoms with E-state index >= 15 is 0 Å². The zero-order valence-corrected chi connectivity index (χ0v) is 10.3. The van der Waals surface area contributed by atoms with Crippen LogP contribution in [0.3, 0.4) is 0 Å². The van der Waals surface area contributed by atoms with E-state index in [1.54, 1.807) is 6.92 Å². The number of carbonyl (C=O) groups excluding carboxylic acids is 2. The smallest absolute Gasteiger partial charge is 0.320 e. The number of rotatable bonds is 4. The molecule has 0 aliphatic rings. The van der Waals surface area contributed by atoms with Gasteiger partial charge in [0.2, 0.25) is 5.12 Å². The predicted octanol–water partition coefficient (Wildman–Crippen LogP) is 1.84. The van der Waals surface area contributed by atoms with Crippen LogP contribution >= 0.6 is 27.7 Å². The normalized spacial score (nSPS) is 14.8. The van der Waals surface area contributed by atoms with Crippen molar-refractivity contribution in [1.82, 2.24) is 0 Å². The molecule has 0 N–H and O–H groups in total. The molecule has 0 heterocycles. The van der Waals surface area contributed by atoms with E-state index in [-0.39, 0.29) is 5.12 Å². The molecule has 3 nitrogen and oxygen atoms in total. The summed E-state index contributed by atoms with van der Waals surface area (Å²) in [6.45, 7) is 3.45. The summed E-state index contributed by atoms with van der Waals surface area (Å²) in [4.78, 5) is 22.8. The number of hydrogen-bond donors (Lipinski definition) is 0. The van der Waals surface area contributed by atoms with Crippen molar-refractivity contribution >= 4 is 38.8 Å². The summed E-state index contributed by atoms with van der Waals surface area (Å²) in [6.07, 6.45) is 0. The van der Waals surface area contributed by atoms with Gasteiger partial charge in [0.1, 0.15) is 5.41 Å². The quantitative estimate of drug-likeness (QED) is 0.444. The Balaban J connectivity index is 4.61. The highest BCUT2D eigenvalue weighted by Gasteiger charge is 2.41. The molecule has 0 aromatic carbocycles. The number of methoxy groups -OCH3 is 1. The summed E-state index contributed by atoms with van der Waals surface area (Å²) in [5.41, 5.74) is -1.06. The second-order valence-electron chi connectivity index (χ2n) is 2.68. The third kappa shape index (κ3) is 2.98. The molecule has 0 amide bonds. The molecule has 76 valence electrons. The van der Waals surface area contributed by atoms with Crippen LogP contribution in [0.25, 0.3) is 0 Å². The first-order valence-electron chi connectivity index (χ1n) is 3.84. The molecule has 0 spiro atoms. The van der Waals surface area contributed by atoms with Gasteiger partial charge in [0.25, 0.3) is 0 Å². The monoisotopic (exact) mass is 268 g/mol. The first kappa shape index (κ1) is 13.0. The Hall–Kier alpha value is -0.0300. The maximum absolute atomic E-state index is 11.5. The fraction of sp³-hybridized carbons (Fsp3) is 0.750. The molecule has 0 aliphatic heterocycles. The molecule has 0 rings (SSSR count). The third-order valence-corrected chi connectivity index (χ3v) is 3.75. The highest BCUT2D eigenvalue weighted by Crippen LogP contribution is 2.28. The van der Waals surface area contributed by atoms with Crippen LogP contribution in [0.15, 0.2) is 0 Å². The number of esters is 1. The van der Waals surface area contributed by atoms with Crippen LogP contribution in [0.2, 0.25) is 0 Å². The number of thioether (sulfide) groups is 1. The van der Waals surface area contributed by atoms with Crippen LogP contribution in [0.5, 0.6) is 0 Å². The Kier molecular flexibility index (Phi) is 5.64. The van der Waals surface area contributed by atoms with Gasteiger partial charge in [-0.05, 0) is 12.7 Å². The fourth-order valence-corrected chi connectivity index (χ4v) is 2.11. The summed E-state index contributed by atoms with van der Waals surface area (Å²) >= 11 is 4.29. The maximum Gasteiger partial charge on any atom is 0.320 e. The maximum atomic E-state index is 11.5. The highest BCUT2D eigenvalue weighted by atomic mass is 79.9. The van der Waals surface area contributed by atoms with E-state index in [9.17, 15) is 9.59 Å². The SMILES string of the molecule is CCSC(=O)C(C)(CBr)C(=O)OC. The second-order valence-corrected chi connectivity index (χ2v) is 4.48. The molecular weight excluding hydrogens is 256 g/mol. The van der Waals surface area contributed by atoms with Gasteiger partial charge in [-0.2, -0.15) is 0 Å². The van der Waals surface area contributed by atoms with Crippen LogP contribution in [0.1, 0.15) is 13.8 Å². The van der Waals surface area contributed by atoms with Crippen molar-refractivity contribution in [1.29, 1.82) is 0 Å². The van der Waals surface area contributed by atoms with Crippen LogP contribution in [0.4, 0.5) is 0 Å². The molecule has 5 heteroatoms. The van der Waals surface area contributed by atoms with E-state index in [4.69, 9.17) is 0 Å². The van der Waals surface area contributed by atoms with Gasteiger partial charge in [0.15, 0.2) is 0 Å². The van der Waals surface area contributed by atoms with E-state index in [1.807, 2.05) is 6.92 Å². The minimum atomic E-state index is -1.06. The topological polar surface area (TPSA) is 43.4 Å². The Morgan fingerprint density at radius 1 is 1.54 bits per heavy atom. The van der Waals surface area contributed by atoms with Gasteiger partial charge in [0.05, 0.1) is 7.11 Å². The van der Waals surface area contributed by atoms with Gasteiger partial charge in [0, 0.05) is 5.33 Å². The number of carbonyl (C=O) groups is 2. The van der Waals surface area contributed by atoms with E-state index in [0.29, 0.717) is 11.1 Å². The van der Waals surface area contributed by atoms with Gasteiger partial charge in [-0.15, -0.1) is 0 Å². The molecule has 0 fully saturated rings. The van der Waals surface area contributed by atoms with Crippen LogP contribution in [-0.4, -0.2) is 29.3 Å². The average molecular weight is 269 g/mol. The Morgan fingerprint density at radius 3 is 2.38 bits per heavy atom. The molecule has 1 unspecified atom stereocenters. The minimum absolute atomic E-state index is 0.154. The summed E-state index contributed by atoms with van der Waals surface area (Å²) in [5.74, 6) is 0.175. The molecule has 13 heavy (non-hydrogen) atoms. The lowest BCUT2D eigenvalue weighted by molar-refractivity contribution is -0.152. The second kappa shape index (κ2) is 5.65. The summed E-state index contributed by atoms with van der Waals surface area (Å²) in [6, 6.07) is 0. The van der Waals surface area contributed by atoms with Gasteiger partial charge >= 0.3 is 5.97 Å². The molecule has 0 bridgehead atoms. The Morgan fingerprint density at radius 2 is 2.08 bits per heavy atom. The van der Waals surface area contributed by atoms with Gasteiger partial charge in [-0.1, -0.05) is 34.6 Å². The number of halogens is 1. The molecule has 0 saturated heterocycles. The van der Waals surface area contributed by atoms with Crippen molar-refractivity contribution in [2.24, 2.45) is 5.41 Å². The fourth-order valence-electron chi connectivity index (χ4n) is 0.708. The molecule has 0 radical (unpaired) electrons. The molecule has 0 aromatic rings. The van der Waals surface area contributed by atoms with Crippen molar-refractivity contribution in [2.75, 3.05) is 18.2 Å². The Labute approximate surface area is 90.7 Å². The predicted molar refractivity (Wildman–Crippen MR) is 57.1 cm³/mol. The lowest BCUT2D eigenvalue weighted by atomic mass is 9.96. The average Bonchev–Trinajstić information content (AvgIpc) is 2.15. The van der Waals surface area contributed by atoms with Crippen molar-refractivity contribution in [2.45, 2.75) is 13.8 Å². The Bertz CT molecular complexity index is 208. The zero-order chi connectivity index (χ0) is 10.5. The van der Waals surface area contributed by atoms with Gasteiger partial charge in [-0.25, -0.2) is 0 Å². The summed E-state index contributed by atoms with van der Waals surface area (Å²) < 4.78 is 4.57. The van der Waals surface area contributed by atoms with Crippen molar-refractivity contribution in [3.63, 3.8) is 0 Å². The van der Waals surface area contributed by atoms with E-state index < -0.39 is 11.4 Å². The van der Waals surface area contributed by atoms with Crippen molar-refractivity contribution in [3.8, 4) is 0 Å². The first-order valence-corrected chi connectivity index (χ1v) is 5.95. The molecule has 0 aromatic heterocycles. The zero-order valence-electron chi connectivity index (χ0n) is 7.93. The lowest BCUT2D eigenvalue weighted by Crippen LogP contribution is -2.37. The van der Waals surface area contributed by atoms with Crippen LogP contribution < -0.4 is 0 Å². The highest BCUT2D eigenvalue weighted by molar-refractivity contribution is 9.09. The molecular formula is C8H13BrO3S. The van der Waals surface area contributed by atoms with E-state index in [0.717, 1.165) is 11.8 Å². The van der Waals surface area contributed by atoms with Crippen LogP contribution in [0, 0.1) is 5.41 Å². The molecule has 0 saturated carbocycles. The van der Waals surface area contributed by atoms with Crippen LogP contribution in [-0.2, 0) is 14.3 Å². The van der Waals surface area contributed by atoms with Crippen molar-refractivity contribution < 1.29 is 14.3 Å². The standard InChI is InChI=1S/C8H13BrO3S/c1-4-13-7(11)8(2,5-9)6(10)12-3/h4-5H2,1-3H3. The molecule has 1 atom stereocenters. The number of ether oxygens (including phenoxy) is 1. The number of alkyl halides is 1. The van der Waals surface area contributed by atoms with Gasteiger partial charge < -0.3 is 4.74 Å². The van der Waals surface area contributed by atoms with E-state index in [1.165, 1.54) is 7.11 Å². The van der Waals surface area contributed by atoms with Gasteiger partial charge in [-0.3, -0.25) is 9.59 Å².